The highest BCUT2D eigenvalue weighted by molar-refractivity contribution is 7.14. The Kier molecular flexibility index (Phi) is 6.29. The van der Waals surface area contributed by atoms with E-state index in [0.29, 0.717) is 0 Å². The van der Waals surface area contributed by atoms with Gasteiger partial charge in [-0.25, -0.2) is 4.98 Å². The summed E-state index contributed by atoms with van der Waals surface area (Å²) in [5, 5.41) is 6.36. The number of hydrogen-bond acceptors (Lipinski definition) is 5. The Labute approximate surface area is 175 Å². The monoisotopic (exact) mass is 400 g/mol. The molecule has 0 saturated heterocycles. The number of benzene rings is 2. The molecule has 0 aliphatic carbocycles. The van der Waals surface area contributed by atoms with E-state index in [0.717, 1.165) is 41.6 Å². The van der Waals surface area contributed by atoms with Crippen molar-refractivity contribution in [3.05, 3.63) is 95.6 Å². The molecular formula is C24H24N4S. The lowest BCUT2D eigenvalue weighted by molar-refractivity contribution is 0.331. The van der Waals surface area contributed by atoms with Gasteiger partial charge in [0.05, 0.1) is 5.69 Å². The van der Waals surface area contributed by atoms with E-state index in [1.807, 2.05) is 12.1 Å². The van der Waals surface area contributed by atoms with Crippen LogP contribution >= 0.6 is 11.3 Å². The molecule has 2 aromatic carbocycles. The average Bonchev–Trinajstić information content (AvgIpc) is 3.23. The van der Waals surface area contributed by atoms with E-state index in [4.69, 9.17) is 0 Å². The fourth-order valence-corrected chi connectivity index (χ4v) is 3.90. The van der Waals surface area contributed by atoms with Crippen molar-refractivity contribution >= 4 is 22.2 Å². The number of nitrogens with one attached hydrogen (secondary N) is 1. The van der Waals surface area contributed by atoms with E-state index >= 15 is 0 Å². The van der Waals surface area contributed by atoms with E-state index in [2.05, 4.69) is 87.2 Å². The maximum Gasteiger partial charge on any atom is 0.187 e. The molecule has 0 unspecified atom stereocenters. The first kappa shape index (κ1) is 19.3. The summed E-state index contributed by atoms with van der Waals surface area (Å²) in [4.78, 5) is 11.1. The molecule has 0 aliphatic heterocycles. The number of pyridine rings is 1. The minimum Gasteiger partial charge on any atom is -0.332 e. The van der Waals surface area contributed by atoms with Gasteiger partial charge in [0.1, 0.15) is 0 Å². The average molecular weight is 401 g/mol. The van der Waals surface area contributed by atoms with Gasteiger partial charge in [-0.3, -0.25) is 4.98 Å². The second kappa shape index (κ2) is 9.45. The maximum atomic E-state index is 4.67. The maximum absolute atomic E-state index is 4.67. The highest BCUT2D eigenvalue weighted by atomic mass is 32.1. The van der Waals surface area contributed by atoms with Crippen LogP contribution in [0.3, 0.4) is 0 Å². The highest BCUT2D eigenvalue weighted by Gasteiger charge is 2.05. The molecule has 0 bridgehead atoms. The summed E-state index contributed by atoms with van der Waals surface area (Å²) in [5.74, 6) is 0. The van der Waals surface area contributed by atoms with E-state index in [1.54, 1.807) is 23.7 Å². The predicted octanol–water partition coefficient (Wildman–Crippen LogP) is 5.62. The quantitative estimate of drug-likeness (QED) is 0.417. The number of aromatic nitrogens is 2. The van der Waals surface area contributed by atoms with Gasteiger partial charge in [-0.15, -0.1) is 11.3 Å². The smallest absolute Gasteiger partial charge is 0.187 e. The molecule has 146 valence electrons. The van der Waals surface area contributed by atoms with Crippen LogP contribution < -0.4 is 5.32 Å². The highest BCUT2D eigenvalue weighted by Crippen LogP contribution is 2.26. The normalized spacial score (nSPS) is 11.0. The van der Waals surface area contributed by atoms with E-state index in [9.17, 15) is 0 Å². The summed E-state index contributed by atoms with van der Waals surface area (Å²) in [6.07, 6.45) is 4.61. The Morgan fingerprint density at radius 3 is 2.41 bits per heavy atom. The van der Waals surface area contributed by atoms with Crippen molar-refractivity contribution in [2.45, 2.75) is 13.0 Å². The summed E-state index contributed by atoms with van der Waals surface area (Å²) in [6.45, 7) is 2.01. The van der Waals surface area contributed by atoms with Gasteiger partial charge in [0, 0.05) is 42.1 Å². The Bertz CT molecular complexity index is 1010. The minimum atomic E-state index is 0.896. The number of hydrogen-bond donors (Lipinski definition) is 1. The van der Waals surface area contributed by atoms with Crippen LogP contribution in [0.4, 0.5) is 10.8 Å². The topological polar surface area (TPSA) is 41.0 Å². The fraction of sp³-hybridized carbons (Fsp3) is 0.167. The predicted molar refractivity (Wildman–Crippen MR) is 122 cm³/mol. The summed E-state index contributed by atoms with van der Waals surface area (Å²) in [7, 11) is 2.17. The summed E-state index contributed by atoms with van der Waals surface area (Å²) in [5.41, 5.74) is 5.80. The van der Waals surface area contributed by atoms with Gasteiger partial charge in [0.2, 0.25) is 0 Å². The molecule has 4 rings (SSSR count). The number of thiazole rings is 1. The zero-order valence-electron chi connectivity index (χ0n) is 16.5. The Morgan fingerprint density at radius 1 is 0.897 bits per heavy atom. The zero-order chi connectivity index (χ0) is 19.9. The van der Waals surface area contributed by atoms with Crippen LogP contribution in [0.25, 0.3) is 11.3 Å². The van der Waals surface area contributed by atoms with Crippen LogP contribution in [0.15, 0.2) is 84.5 Å². The molecule has 2 aromatic heterocycles. The van der Waals surface area contributed by atoms with Gasteiger partial charge in [-0.1, -0.05) is 42.5 Å². The first-order valence-electron chi connectivity index (χ1n) is 9.70. The summed E-state index contributed by atoms with van der Waals surface area (Å²) < 4.78 is 0. The molecule has 4 nitrogen and oxygen atoms in total. The lowest BCUT2D eigenvalue weighted by atomic mass is 10.1. The van der Waals surface area contributed by atoms with Crippen molar-refractivity contribution in [3.63, 3.8) is 0 Å². The van der Waals surface area contributed by atoms with Crippen LogP contribution in [0.5, 0.6) is 0 Å². The second-order valence-electron chi connectivity index (χ2n) is 7.07. The van der Waals surface area contributed by atoms with Crippen LogP contribution in [0.1, 0.15) is 11.1 Å². The van der Waals surface area contributed by atoms with E-state index < -0.39 is 0 Å². The molecule has 0 amide bonds. The van der Waals surface area contributed by atoms with E-state index in [1.165, 1.54) is 11.1 Å². The number of likely N-dealkylation sites (N-methyl/N-ethyl adjacent to an activating group) is 1. The van der Waals surface area contributed by atoms with Crippen molar-refractivity contribution in [1.29, 1.82) is 0 Å². The Hall–Kier alpha value is -3.02. The molecule has 1 N–H and O–H groups in total. The van der Waals surface area contributed by atoms with Crippen LogP contribution in [-0.4, -0.2) is 28.5 Å². The molecule has 29 heavy (non-hydrogen) atoms. The number of nitrogens with zero attached hydrogens (tertiary/aromatic N) is 3. The molecule has 0 aliphatic rings. The van der Waals surface area contributed by atoms with Crippen molar-refractivity contribution in [1.82, 2.24) is 14.9 Å². The Balaban J connectivity index is 1.30. The van der Waals surface area contributed by atoms with Crippen LogP contribution in [0, 0.1) is 0 Å². The van der Waals surface area contributed by atoms with Crippen molar-refractivity contribution in [2.24, 2.45) is 0 Å². The first-order valence-corrected chi connectivity index (χ1v) is 10.6. The largest absolute Gasteiger partial charge is 0.332 e. The third-order valence-corrected chi connectivity index (χ3v) is 5.52. The first-order chi connectivity index (χ1) is 14.3. The lowest BCUT2D eigenvalue weighted by Gasteiger charge is -2.16. The van der Waals surface area contributed by atoms with Gasteiger partial charge in [-0.2, -0.15) is 0 Å². The van der Waals surface area contributed by atoms with Gasteiger partial charge in [0.15, 0.2) is 5.13 Å². The van der Waals surface area contributed by atoms with Crippen molar-refractivity contribution < 1.29 is 0 Å². The molecule has 2 heterocycles. The van der Waals surface area contributed by atoms with Gasteiger partial charge in [-0.05, 0) is 48.9 Å². The fourth-order valence-electron chi connectivity index (χ4n) is 3.16. The second-order valence-corrected chi connectivity index (χ2v) is 7.93. The van der Waals surface area contributed by atoms with Gasteiger partial charge >= 0.3 is 0 Å². The minimum absolute atomic E-state index is 0.896. The van der Waals surface area contributed by atoms with Crippen molar-refractivity contribution in [2.75, 3.05) is 18.9 Å². The SMILES string of the molecule is CN(CCc1ccc(Nc2nc(-c3ccncc3)cs2)cc1)Cc1ccccc1. The number of rotatable bonds is 8. The van der Waals surface area contributed by atoms with Crippen molar-refractivity contribution in [3.8, 4) is 11.3 Å². The molecule has 0 radical (unpaired) electrons. The number of anilines is 2. The molecule has 0 spiro atoms. The van der Waals surface area contributed by atoms with Crippen LogP contribution in [-0.2, 0) is 13.0 Å². The van der Waals surface area contributed by atoms with Gasteiger partial charge < -0.3 is 10.2 Å². The van der Waals surface area contributed by atoms with Crippen LogP contribution in [0.2, 0.25) is 0 Å². The third kappa shape index (κ3) is 5.50. The molecule has 0 atom stereocenters. The third-order valence-electron chi connectivity index (χ3n) is 4.76. The van der Waals surface area contributed by atoms with Gasteiger partial charge in [0.25, 0.3) is 0 Å². The molecule has 5 heteroatoms. The standard InChI is InChI=1S/C24H24N4S/c1-28(17-20-5-3-2-4-6-20)16-13-19-7-9-22(10-8-19)26-24-27-23(18-29-24)21-11-14-25-15-12-21/h2-12,14-15,18H,13,16-17H2,1H3,(H,26,27). The summed E-state index contributed by atoms with van der Waals surface area (Å²) in [6, 6.07) is 23.2. The lowest BCUT2D eigenvalue weighted by Crippen LogP contribution is -2.20. The zero-order valence-corrected chi connectivity index (χ0v) is 17.3. The molecule has 0 saturated carbocycles. The summed E-state index contributed by atoms with van der Waals surface area (Å²) >= 11 is 1.61. The molecule has 4 aromatic rings. The van der Waals surface area contributed by atoms with E-state index in [-0.39, 0.29) is 0 Å². The molecule has 0 fully saturated rings. The molecular weight excluding hydrogens is 376 g/mol. The Morgan fingerprint density at radius 2 is 1.66 bits per heavy atom.